The summed E-state index contributed by atoms with van der Waals surface area (Å²) in [7, 11) is 0. The van der Waals surface area contributed by atoms with Crippen LogP contribution in [0.5, 0.6) is 0 Å². The van der Waals surface area contributed by atoms with Crippen molar-refractivity contribution in [1.29, 1.82) is 0 Å². The molecule has 0 aromatic carbocycles. The molecule has 1 heteroatoms. The van der Waals surface area contributed by atoms with Crippen LogP contribution in [0.4, 0.5) is 0 Å². The highest BCUT2D eigenvalue weighted by Crippen LogP contribution is 1.94. The third-order valence-corrected chi connectivity index (χ3v) is 0.879. The summed E-state index contributed by atoms with van der Waals surface area (Å²) in [6.45, 7) is 8.43. The molecular formula is C8H14O. The Morgan fingerprint density at radius 2 is 2.33 bits per heavy atom. The van der Waals surface area contributed by atoms with Crippen LogP contribution in [0.15, 0.2) is 24.5 Å². The smallest absolute Gasteiger partial charge is 0.0910 e. The molecule has 0 radical (unpaired) electrons. The van der Waals surface area contributed by atoms with Gasteiger partial charge in [-0.1, -0.05) is 11.6 Å². The number of allylic oxidation sites excluding steroid dienone is 1. The maximum atomic E-state index is 5.05. The van der Waals surface area contributed by atoms with Crippen molar-refractivity contribution in [2.24, 2.45) is 0 Å². The monoisotopic (exact) mass is 126 g/mol. The van der Waals surface area contributed by atoms with Crippen molar-refractivity contribution in [2.45, 2.75) is 20.3 Å². The van der Waals surface area contributed by atoms with Crippen LogP contribution in [0.1, 0.15) is 20.3 Å². The molecule has 0 fully saturated rings. The molecule has 0 aliphatic heterocycles. The van der Waals surface area contributed by atoms with E-state index < -0.39 is 0 Å². The molecule has 0 spiro atoms. The summed E-state index contributed by atoms with van der Waals surface area (Å²) in [6.07, 6.45) is 4.52. The predicted octanol–water partition coefficient (Wildman–Crippen LogP) is 2.50. The molecule has 0 rings (SSSR count). The van der Waals surface area contributed by atoms with Crippen molar-refractivity contribution in [3.63, 3.8) is 0 Å². The number of rotatable bonds is 4. The SMILES string of the molecule is C=C(C)CCO/C=C\C. The first-order valence-corrected chi connectivity index (χ1v) is 3.14. The highest BCUT2D eigenvalue weighted by Gasteiger charge is 1.82. The lowest BCUT2D eigenvalue weighted by molar-refractivity contribution is 0.253. The van der Waals surface area contributed by atoms with Gasteiger partial charge in [0.2, 0.25) is 0 Å². The van der Waals surface area contributed by atoms with Gasteiger partial charge in [0.25, 0.3) is 0 Å². The second-order valence-corrected chi connectivity index (χ2v) is 2.05. The van der Waals surface area contributed by atoms with Gasteiger partial charge in [-0.2, -0.15) is 0 Å². The Morgan fingerprint density at radius 1 is 1.67 bits per heavy atom. The van der Waals surface area contributed by atoms with Crippen LogP contribution in [0.3, 0.4) is 0 Å². The zero-order chi connectivity index (χ0) is 7.11. The molecule has 0 N–H and O–H groups in total. The minimum Gasteiger partial charge on any atom is -0.501 e. The summed E-state index contributed by atoms with van der Waals surface area (Å²) < 4.78 is 5.05. The number of hydrogen-bond acceptors (Lipinski definition) is 1. The molecule has 0 aromatic rings. The van der Waals surface area contributed by atoms with Gasteiger partial charge in [-0.25, -0.2) is 0 Å². The highest BCUT2D eigenvalue weighted by molar-refractivity contribution is 4.87. The standard InChI is InChI=1S/C8H14O/c1-4-6-9-7-5-8(2)3/h4,6H,2,5,7H2,1,3H3/b6-4-. The fourth-order valence-electron chi connectivity index (χ4n) is 0.397. The van der Waals surface area contributed by atoms with Crippen LogP contribution in [0.25, 0.3) is 0 Å². The second kappa shape index (κ2) is 5.42. The third-order valence-electron chi connectivity index (χ3n) is 0.879. The van der Waals surface area contributed by atoms with Crippen molar-refractivity contribution in [2.75, 3.05) is 6.61 Å². The molecule has 0 aliphatic carbocycles. The maximum absolute atomic E-state index is 5.05. The van der Waals surface area contributed by atoms with Gasteiger partial charge in [-0.15, -0.1) is 6.58 Å². The lowest BCUT2D eigenvalue weighted by atomic mass is 10.3. The van der Waals surface area contributed by atoms with Crippen molar-refractivity contribution in [3.05, 3.63) is 24.5 Å². The van der Waals surface area contributed by atoms with Crippen LogP contribution in [0, 0.1) is 0 Å². The minimum absolute atomic E-state index is 0.750. The van der Waals surface area contributed by atoms with Gasteiger partial charge in [0.05, 0.1) is 12.9 Å². The Labute approximate surface area is 57.0 Å². The summed E-state index contributed by atoms with van der Waals surface area (Å²) in [4.78, 5) is 0. The van der Waals surface area contributed by atoms with E-state index in [1.165, 1.54) is 5.57 Å². The van der Waals surface area contributed by atoms with E-state index in [0.29, 0.717) is 0 Å². The topological polar surface area (TPSA) is 9.23 Å². The van der Waals surface area contributed by atoms with Crippen LogP contribution in [0.2, 0.25) is 0 Å². The summed E-state index contributed by atoms with van der Waals surface area (Å²) >= 11 is 0. The summed E-state index contributed by atoms with van der Waals surface area (Å²) in [5.41, 5.74) is 1.17. The predicted molar refractivity (Wildman–Crippen MR) is 40.2 cm³/mol. The fourth-order valence-corrected chi connectivity index (χ4v) is 0.397. The van der Waals surface area contributed by atoms with Crippen molar-refractivity contribution in [3.8, 4) is 0 Å². The molecule has 0 aromatic heterocycles. The molecule has 52 valence electrons. The lowest BCUT2D eigenvalue weighted by Crippen LogP contribution is -1.86. The third kappa shape index (κ3) is 7.28. The summed E-state index contributed by atoms with van der Waals surface area (Å²) in [6, 6.07) is 0. The van der Waals surface area contributed by atoms with Gasteiger partial charge in [-0.05, 0) is 13.8 Å². The second-order valence-electron chi connectivity index (χ2n) is 2.05. The van der Waals surface area contributed by atoms with Gasteiger partial charge in [-0.3, -0.25) is 0 Å². The highest BCUT2D eigenvalue weighted by atomic mass is 16.5. The van der Waals surface area contributed by atoms with E-state index >= 15 is 0 Å². The average molecular weight is 126 g/mol. The summed E-state index contributed by atoms with van der Waals surface area (Å²) in [5.74, 6) is 0. The number of ether oxygens (including phenoxy) is 1. The van der Waals surface area contributed by atoms with Gasteiger partial charge in [0.1, 0.15) is 0 Å². The molecule has 1 nitrogen and oxygen atoms in total. The molecule has 0 atom stereocenters. The van der Waals surface area contributed by atoms with E-state index in [9.17, 15) is 0 Å². The molecule has 0 unspecified atom stereocenters. The molecule has 0 bridgehead atoms. The first-order valence-electron chi connectivity index (χ1n) is 3.14. The van der Waals surface area contributed by atoms with Crippen molar-refractivity contribution in [1.82, 2.24) is 0 Å². The van der Waals surface area contributed by atoms with Crippen LogP contribution >= 0.6 is 0 Å². The van der Waals surface area contributed by atoms with E-state index in [0.717, 1.165) is 13.0 Å². The zero-order valence-corrected chi connectivity index (χ0v) is 6.18. The van der Waals surface area contributed by atoms with Crippen LogP contribution < -0.4 is 0 Å². The molecule has 0 aliphatic rings. The Kier molecular flexibility index (Phi) is 4.98. The van der Waals surface area contributed by atoms with Crippen molar-refractivity contribution >= 4 is 0 Å². The largest absolute Gasteiger partial charge is 0.501 e. The quantitative estimate of drug-likeness (QED) is 0.319. The van der Waals surface area contributed by atoms with Crippen molar-refractivity contribution < 1.29 is 4.74 Å². The van der Waals surface area contributed by atoms with Crippen LogP contribution in [-0.4, -0.2) is 6.61 Å². The zero-order valence-electron chi connectivity index (χ0n) is 6.18. The first-order chi connectivity index (χ1) is 4.27. The van der Waals surface area contributed by atoms with E-state index in [1.54, 1.807) is 6.26 Å². The van der Waals surface area contributed by atoms with E-state index in [2.05, 4.69) is 6.58 Å². The minimum atomic E-state index is 0.750. The molecular weight excluding hydrogens is 112 g/mol. The average Bonchev–Trinajstić information content (AvgIpc) is 1.80. The molecule has 0 saturated carbocycles. The normalized spacial score (nSPS) is 10.0. The Hall–Kier alpha value is -0.720. The van der Waals surface area contributed by atoms with E-state index in [4.69, 9.17) is 4.74 Å². The van der Waals surface area contributed by atoms with Crippen LogP contribution in [-0.2, 0) is 4.74 Å². The Morgan fingerprint density at radius 3 is 2.78 bits per heavy atom. The fraction of sp³-hybridized carbons (Fsp3) is 0.500. The molecule has 0 saturated heterocycles. The Bertz CT molecular complexity index is 103. The number of hydrogen-bond donors (Lipinski definition) is 0. The van der Waals surface area contributed by atoms with Gasteiger partial charge < -0.3 is 4.74 Å². The molecule has 0 amide bonds. The maximum Gasteiger partial charge on any atom is 0.0910 e. The van der Waals surface area contributed by atoms with E-state index in [1.807, 2.05) is 19.9 Å². The first kappa shape index (κ1) is 8.28. The Balaban J connectivity index is 3.01. The van der Waals surface area contributed by atoms with E-state index in [-0.39, 0.29) is 0 Å². The molecule has 0 heterocycles. The van der Waals surface area contributed by atoms with Gasteiger partial charge in [0.15, 0.2) is 0 Å². The van der Waals surface area contributed by atoms with Gasteiger partial charge in [0, 0.05) is 6.42 Å². The lowest BCUT2D eigenvalue weighted by Gasteiger charge is -1.97. The molecule has 9 heavy (non-hydrogen) atoms. The van der Waals surface area contributed by atoms with Gasteiger partial charge >= 0.3 is 0 Å². The summed E-state index contributed by atoms with van der Waals surface area (Å²) in [5, 5.41) is 0.